The number of Topliss-reactive ketones (excluding diaryl/α,β-unsaturated/α-hetero) is 1. The predicted molar refractivity (Wildman–Crippen MR) is 113 cm³/mol. The Labute approximate surface area is 168 Å². The van der Waals surface area contributed by atoms with Crippen LogP contribution in [0.4, 0.5) is 5.69 Å². The Kier molecular flexibility index (Phi) is 5.37. The second-order valence-electron chi connectivity index (χ2n) is 7.01. The van der Waals surface area contributed by atoms with Gasteiger partial charge in [0.15, 0.2) is 5.78 Å². The number of fused-ring (bicyclic) bond motifs is 1. The Bertz CT molecular complexity index is 979. The van der Waals surface area contributed by atoms with Gasteiger partial charge in [-0.3, -0.25) is 14.5 Å². The number of carbonyl (C=O) groups excluding carboxylic acids is 2. The highest BCUT2D eigenvalue weighted by Crippen LogP contribution is 2.37. The van der Waals surface area contributed by atoms with E-state index >= 15 is 0 Å². The first-order chi connectivity index (χ1) is 13.6. The molecule has 0 saturated carbocycles. The third-order valence-electron chi connectivity index (χ3n) is 5.10. The molecule has 3 aromatic rings. The lowest BCUT2D eigenvalue weighted by Crippen LogP contribution is -2.40. The van der Waals surface area contributed by atoms with E-state index in [1.807, 2.05) is 18.2 Å². The van der Waals surface area contributed by atoms with Gasteiger partial charge in [0.1, 0.15) is 0 Å². The monoisotopic (exact) mass is 390 g/mol. The van der Waals surface area contributed by atoms with Crippen LogP contribution in [0.5, 0.6) is 0 Å². The molecule has 0 saturated heterocycles. The number of amides is 1. The third-order valence-corrected chi connectivity index (χ3v) is 6.10. The fourth-order valence-corrected chi connectivity index (χ4v) is 4.64. The molecule has 2 heterocycles. The van der Waals surface area contributed by atoms with E-state index in [1.54, 1.807) is 35.6 Å². The van der Waals surface area contributed by atoms with Gasteiger partial charge in [-0.05, 0) is 60.2 Å². The molecule has 1 N–H and O–H groups in total. The van der Waals surface area contributed by atoms with Crippen molar-refractivity contribution in [3.63, 3.8) is 0 Å². The number of benzene rings is 2. The summed E-state index contributed by atoms with van der Waals surface area (Å²) >= 11 is 1.80. The highest BCUT2D eigenvalue weighted by atomic mass is 32.1. The molecule has 5 heteroatoms. The first kappa shape index (κ1) is 18.6. The summed E-state index contributed by atoms with van der Waals surface area (Å²) in [5, 5.41) is 5.10. The fraction of sp³-hybridized carbons (Fsp3) is 0.217. The number of nitrogens with zero attached hydrogens (tertiary/aromatic N) is 1. The van der Waals surface area contributed by atoms with Crippen LogP contribution >= 0.6 is 11.3 Å². The molecule has 1 aliphatic heterocycles. The van der Waals surface area contributed by atoms with E-state index < -0.39 is 0 Å². The van der Waals surface area contributed by atoms with Crippen molar-refractivity contribution in [3.05, 3.63) is 87.6 Å². The molecule has 1 unspecified atom stereocenters. The predicted octanol–water partition coefficient (Wildman–Crippen LogP) is 4.54. The van der Waals surface area contributed by atoms with Gasteiger partial charge in [0.2, 0.25) is 5.91 Å². The summed E-state index contributed by atoms with van der Waals surface area (Å²) in [6, 6.07) is 19.7. The Morgan fingerprint density at radius 1 is 1.07 bits per heavy atom. The largest absolute Gasteiger partial charge is 0.325 e. The molecule has 1 atom stereocenters. The first-order valence-electron chi connectivity index (χ1n) is 9.38. The number of nitrogens with one attached hydrogen (secondary N) is 1. The number of anilines is 1. The normalized spacial score (nSPS) is 16.4. The minimum atomic E-state index is -0.0461. The van der Waals surface area contributed by atoms with Gasteiger partial charge in [0.05, 0.1) is 12.6 Å². The quantitative estimate of drug-likeness (QED) is 0.651. The SMILES string of the molecule is CC(=O)c1ccc(NC(=O)CN2CCc3sccc3C2c2ccccc2)cc1. The lowest BCUT2D eigenvalue weighted by Gasteiger charge is -2.35. The molecular formula is C23H22N2O2S. The topological polar surface area (TPSA) is 49.4 Å². The van der Waals surface area contributed by atoms with Crippen molar-refractivity contribution in [3.8, 4) is 0 Å². The van der Waals surface area contributed by atoms with Crippen molar-refractivity contribution in [2.24, 2.45) is 0 Å². The molecule has 4 nitrogen and oxygen atoms in total. The van der Waals surface area contributed by atoms with Gasteiger partial charge in [0, 0.05) is 22.7 Å². The lowest BCUT2D eigenvalue weighted by molar-refractivity contribution is -0.117. The second-order valence-corrected chi connectivity index (χ2v) is 8.02. The Hall–Kier alpha value is -2.76. The van der Waals surface area contributed by atoms with E-state index in [0.717, 1.165) is 13.0 Å². The summed E-state index contributed by atoms with van der Waals surface area (Å²) in [7, 11) is 0. The summed E-state index contributed by atoms with van der Waals surface area (Å²) in [6.07, 6.45) is 0.969. The molecule has 142 valence electrons. The van der Waals surface area contributed by atoms with Crippen LogP contribution in [0.25, 0.3) is 0 Å². The van der Waals surface area contributed by atoms with Gasteiger partial charge in [-0.25, -0.2) is 0 Å². The molecular weight excluding hydrogens is 368 g/mol. The standard InChI is InChI=1S/C23H22N2O2S/c1-16(26)17-7-9-19(10-8-17)24-22(27)15-25-13-11-21-20(12-14-28-21)23(25)18-5-3-2-4-6-18/h2-10,12,14,23H,11,13,15H2,1H3,(H,24,27). The van der Waals surface area contributed by atoms with E-state index in [4.69, 9.17) is 0 Å². The van der Waals surface area contributed by atoms with Gasteiger partial charge in [0.25, 0.3) is 0 Å². The number of hydrogen-bond acceptors (Lipinski definition) is 4. The number of thiophene rings is 1. The van der Waals surface area contributed by atoms with E-state index in [2.05, 4.69) is 33.8 Å². The van der Waals surface area contributed by atoms with Crippen LogP contribution in [0, 0.1) is 0 Å². The molecule has 1 amide bonds. The molecule has 0 spiro atoms. The van der Waals surface area contributed by atoms with Crippen LogP contribution in [0.1, 0.15) is 39.3 Å². The summed E-state index contributed by atoms with van der Waals surface area (Å²) < 4.78 is 0. The molecule has 28 heavy (non-hydrogen) atoms. The van der Waals surface area contributed by atoms with Crippen LogP contribution in [0.15, 0.2) is 66.0 Å². The van der Waals surface area contributed by atoms with Gasteiger partial charge >= 0.3 is 0 Å². The minimum Gasteiger partial charge on any atom is -0.325 e. The summed E-state index contributed by atoms with van der Waals surface area (Å²) in [4.78, 5) is 27.8. The van der Waals surface area contributed by atoms with Crippen LogP contribution in [-0.4, -0.2) is 29.7 Å². The van der Waals surface area contributed by atoms with Crippen molar-refractivity contribution in [2.45, 2.75) is 19.4 Å². The van der Waals surface area contributed by atoms with Crippen LogP contribution in [0.2, 0.25) is 0 Å². The van der Waals surface area contributed by atoms with E-state index in [9.17, 15) is 9.59 Å². The average Bonchev–Trinajstić information content (AvgIpc) is 3.17. The highest BCUT2D eigenvalue weighted by Gasteiger charge is 2.30. The maximum absolute atomic E-state index is 12.7. The number of rotatable bonds is 5. The van der Waals surface area contributed by atoms with Crippen molar-refractivity contribution in [1.82, 2.24) is 4.90 Å². The van der Waals surface area contributed by atoms with Crippen molar-refractivity contribution in [2.75, 3.05) is 18.4 Å². The maximum Gasteiger partial charge on any atom is 0.238 e. The molecule has 0 bridgehead atoms. The lowest BCUT2D eigenvalue weighted by atomic mass is 9.93. The van der Waals surface area contributed by atoms with Gasteiger partial charge in [-0.15, -0.1) is 11.3 Å². The van der Waals surface area contributed by atoms with Crippen LogP contribution in [0.3, 0.4) is 0 Å². The van der Waals surface area contributed by atoms with Crippen molar-refractivity contribution >= 4 is 28.7 Å². The van der Waals surface area contributed by atoms with E-state index in [-0.39, 0.29) is 17.7 Å². The summed E-state index contributed by atoms with van der Waals surface area (Å²) in [6.45, 7) is 2.71. The zero-order valence-electron chi connectivity index (χ0n) is 15.7. The van der Waals surface area contributed by atoms with Gasteiger partial charge < -0.3 is 5.32 Å². The molecule has 4 rings (SSSR count). The molecule has 0 radical (unpaired) electrons. The fourth-order valence-electron chi connectivity index (χ4n) is 3.74. The van der Waals surface area contributed by atoms with E-state index in [1.165, 1.54) is 22.9 Å². The zero-order valence-corrected chi connectivity index (χ0v) is 16.5. The van der Waals surface area contributed by atoms with Crippen molar-refractivity contribution in [1.29, 1.82) is 0 Å². The number of hydrogen-bond donors (Lipinski definition) is 1. The smallest absolute Gasteiger partial charge is 0.238 e. The number of carbonyl (C=O) groups is 2. The Morgan fingerprint density at radius 3 is 2.54 bits per heavy atom. The zero-order chi connectivity index (χ0) is 19.5. The minimum absolute atomic E-state index is 0.0171. The van der Waals surface area contributed by atoms with Crippen molar-refractivity contribution < 1.29 is 9.59 Å². The van der Waals surface area contributed by atoms with Gasteiger partial charge in [-0.2, -0.15) is 0 Å². The third kappa shape index (κ3) is 3.91. The van der Waals surface area contributed by atoms with Crippen LogP contribution in [-0.2, 0) is 11.2 Å². The highest BCUT2D eigenvalue weighted by molar-refractivity contribution is 7.10. The first-order valence-corrected chi connectivity index (χ1v) is 10.3. The molecule has 0 aliphatic carbocycles. The van der Waals surface area contributed by atoms with Crippen LogP contribution < -0.4 is 5.32 Å². The Morgan fingerprint density at radius 2 is 1.82 bits per heavy atom. The number of ketones is 1. The van der Waals surface area contributed by atoms with E-state index in [0.29, 0.717) is 17.8 Å². The van der Waals surface area contributed by atoms with Gasteiger partial charge in [-0.1, -0.05) is 30.3 Å². The molecule has 1 aliphatic rings. The molecule has 2 aromatic carbocycles. The average molecular weight is 391 g/mol. The summed E-state index contributed by atoms with van der Waals surface area (Å²) in [5.74, 6) is -0.0290. The second kappa shape index (κ2) is 8.09. The Balaban J connectivity index is 1.51. The maximum atomic E-state index is 12.7. The molecule has 1 aromatic heterocycles. The summed E-state index contributed by atoms with van der Waals surface area (Å²) in [5.41, 5.74) is 3.86. The molecule has 0 fully saturated rings.